The van der Waals surface area contributed by atoms with Gasteiger partial charge in [0.15, 0.2) is 17.7 Å². The Morgan fingerprint density at radius 3 is 2.82 bits per heavy atom. The first kappa shape index (κ1) is 14.9. The molecule has 1 heterocycles. The number of nitrogens with zero attached hydrogens (tertiary/aromatic N) is 1. The van der Waals surface area contributed by atoms with Gasteiger partial charge in [-0.2, -0.15) is 0 Å². The van der Waals surface area contributed by atoms with E-state index in [0.717, 1.165) is 6.07 Å². The van der Waals surface area contributed by atoms with E-state index in [1.807, 2.05) is 0 Å². The first-order chi connectivity index (χ1) is 10.5. The van der Waals surface area contributed by atoms with Gasteiger partial charge in [0.2, 0.25) is 5.91 Å². The lowest BCUT2D eigenvalue weighted by atomic mass is 10.1. The van der Waals surface area contributed by atoms with Crippen LogP contribution in [0.3, 0.4) is 0 Å². The quantitative estimate of drug-likeness (QED) is 0.916. The third kappa shape index (κ3) is 2.68. The van der Waals surface area contributed by atoms with Crippen LogP contribution in [0.25, 0.3) is 0 Å². The number of carbonyl (C=O) groups excluding carboxylic acids is 1. The molecule has 5 nitrogen and oxygen atoms in total. The number of benzene rings is 1. The second-order valence-electron chi connectivity index (χ2n) is 5.57. The van der Waals surface area contributed by atoms with Gasteiger partial charge in [-0.05, 0) is 24.0 Å². The van der Waals surface area contributed by atoms with E-state index >= 15 is 0 Å². The molecule has 2 fully saturated rings. The molecule has 7 heteroatoms. The Kier molecular flexibility index (Phi) is 3.82. The molecule has 118 valence electrons. The summed E-state index contributed by atoms with van der Waals surface area (Å²) < 4.78 is 32.0. The van der Waals surface area contributed by atoms with Crippen molar-refractivity contribution in [2.45, 2.75) is 18.4 Å². The summed E-state index contributed by atoms with van der Waals surface area (Å²) in [6, 6.07) is 3.94. The van der Waals surface area contributed by atoms with E-state index in [0.29, 0.717) is 13.0 Å². The summed E-state index contributed by atoms with van der Waals surface area (Å²) in [5, 5.41) is 8.93. The van der Waals surface area contributed by atoms with Crippen LogP contribution in [0.15, 0.2) is 18.2 Å². The maximum Gasteiger partial charge on any atom is 0.334 e. The molecule has 1 aliphatic heterocycles. The maximum atomic E-state index is 13.7. The predicted octanol–water partition coefficient (Wildman–Crippen LogP) is 1.38. The minimum absolute atomic E-state index is 0.0109. The second-order valence-corrected chi connectivity index (χ2v) is 5.57. The summed E-state index contributed by atoms with van der Waals surface area (Å²) in [6.45, 7) is 0.467. The predicted molar refractivity (Wildman–Crippen MR) is 71.2 cm³/mol. The summed E-state index contributed by atoms with van der Waals surface area (Å²) in [4.78, 5) is 24.7. The minimum atomic E-state index is -1.11. The van der Waals surface area contributed by atoms with Crippen molar-refractivity contribution in [2.75, 3.05) is 19.7 Å². The molecule has 0 bridgehead atoms. The van der Waals surface area contributed by atoms with Crippen molar-refractivity contribution in [2.24, 2.45) is 5.92 Å². The van der Waals surface area contributed by atoms with Gasteiger partial charge >= 0.3 is 5.97 Å². The Labute approximate surface area is 125 Å². The van der Waals surface area contributed by atoms with Crippen molar-refractivity contribution in [1.82, 2.24) is 4.90 Å². The summed E-state index contributed by atoms with van der Waals surface area (Å²) >= 11 is 0. The average molecular weight is 311 g/mol. The number of amides is 1. The Morgan fingerprint density at radius 1 is 1.32 bits per heavy atom. The van der Waals surface area contributed by atoms with Gasteiger partial charge in [-0.3, -0.25) is 4.79 Å². The van der Waals surface area contributed by atoms with Crippen LogP contribution in [0, 0.1) is 17.6 Å². The number of carboxylic acid groups (broad SMARTS) is 1. The van der Waals surface area contributed by atoms with Crippen molar-refractivity contribution in [1.29, 1.82) is 0 Å². The lowest BCUT2D eigenvalue weighted by Crippen LogP contribution is -2.49. The lowest BCUT2D eigenvalue weighted by molar-refractivity contribution is -0.159. The maximum absolute atomic E-state index is 13.7. The van der Waals surface area contributed by atoms with Crippen molar-refractivity contribution in [3.05, 3.63) is 35.4 Å². The largest absolute Gasteiger partial charge is 0.479 e. The zero-order valence-electron chi connectivity index (χ0n) is 11.7. The molecule has 1 N–H and O–H groups in total. The third-order valence-electron chi connectivity index (χ3n) is 4.14. The SMILES string of the molecule is O=C(O)[C@@H]1CN(C(=O)[C@@H]2C[C@@H]2c2cccc(F)c2F)CCO1. The average Bonchev–Trinajstić information content (AvgIpc) is 3.29. The number of carbonyl (C=O) groups is 2. The van der Waals surface area contributed by atoms with E-state index in [2.05, 4.69) is 0 Å². The minimum Gasteiger partial charge on any atom is -0.479 e. The molecule has 1 aliphatic carbocycles. The van der Waals surface area contributed by atoms with E-state index in [1.165, 1.54) is 17.0 Å². The molecule has 0 aromatic heterocycles. The highest BCUT2D eigenvalue weighted by atomic mass is 19.2. The Balaban J connectivity index is 1.68. The monoisotopic (exact) mass is 311 g/mol. The van der Waals surface area contributed by atoms with Gasteiger partial charge in [0.05, 0.1) is 13.2 Å². The zero-order valence-corrected chi connectivity index (χ0v) is 11.7. The number of hydrogen-bond acceptors (Lipinski definition) is 3. The molecule has 0 spiro atoms. The number of halogens is 2. The van der Waals surface area contributed by atoms with Crippen molar-refractivity contribution >= 4 is 11.9 Å². The van der Waals surface area contributed by atoms with Crippen molar-refractivity contribution in [3.63, 3.8) is 0 Å². The first-order valence-electron chi connectivity index (χ1n) is 7.06. The number of ether oxygens (including phenoxy) is 1. The Hall–Kier alpha value is -2.02. The Morgan fingerprint density at radius 2 is 2.09 bits per heavy atom. The van der Waals surface area contributed by atoms with Crippen LogP contribution < -0.4 is 0 Å². The number of hydrogen-bond donors (Lipinski definition) is 1. The molecule has 22 heavy (non-hydrogen) atoms. The van der Waals surface area contributed by atoms with Crippen LogP contribution in [0.5, 0.6) is 0 Å². The van der Waals surface area contributed by atoms with Crippen LogP contribution >= 0.6 is 0 Å². The molecule has 1 saturated carbocycles. The summed E-state index contributed by atoms with van der Waals surface area (Å²) in [6.07, 6.45) is -0.574. The normalized spacial score (nSPS) is 27.5. The van der Waals surface area contributed by atoms with Gasteiger partial charge in [-0.1, -0.05) is 12.1 Å². The molecular weight excluding hydrogens is 296 g/mol. The van der Waals surface area contributed by atoms with Crippen LogP contribution in [-0.2, 0) is 14.3 Å². The van der Waals surface area contributed by atoms with Gasteiger partial charge < -0.3 is 14.7 Å². The van der Waals surface area contributed by atoms with Crippen molar-refractivity contribution in [3.8, 4) is 0 Å². The molecule has 2 aliphatic rings. The van der Waals surface area contributed by atoms with Crippen molar-refractivity contribution < 1.29 is 28.2 Å². The smallest absolute Gasteiger partial charge is 0.334 e. The Bertz CT molecular complexity index is 622. The molecule has 0 radical (unpaired) electrons. The molecule has 1 saturated heterocycles. The number of rotatable bonds is 3. The molecular formula is C15H15F2NO4. The molecule has 1 aromatic carbocycles. The van der Waals surface area contributed by atoms with Crippen LogP contribution in [0.2, 0.25) is 0 Å². The number of aliphatic carboxylic acids is 1. The fourth-order valence-corrected chi connectivity index (χ4v) is 2.85. The van der Waals surface area contributed by atoms with Crippen LogP contribution in [0.4, 0.5) is 8.78 Å². The summed E-state index contributed by atoms with van der Waals surface area (Å²) in [7, 11) is 0. The lowest BCUT2D eigenvalue weighted by Gasteiger charge is -2.31. The van der Waals surface area contributed by atoms with Gasteiger partial charge in [-0.25, -0.2) is 13.6 Å². The van der Waals surface area contributed by atoms with Crippen LogP contribution in [-0.4, -0.2) is 47.7 Å². The zero-order chi connectivity index (χ0) is 15.9. The number of morpholine rings is 1. The number of carboxylic acids is 1. The summed E-state index contributed by atoms with van der Waals surface area (Å²) in [5.74, 6) is -3.91. The fraction of sp³-hybridized carbons (Fsp3) is 0.467. The van der Waals surface area contributed by atoms with E-state index in [1.54, 1.807) is 0 Å². The van der Waals surface area contributed by atoms with Gasteiger partial charge in [-0.15, -0.1) is 0 Å². The van der Waals surface area contributed by atoms with Gasteiger partial charge in [0.25, 0.3) is 0 Å². The van der Waals surface area contributed by atoms with Gasteiger partial charge in [0.1, 0.15) is 0 Å². The highest BCUT2D eigenvalue weighted by Gasteiger charge is 2.48. The molecule has 1 aromatic rings. The molecule has 3 rings (SSSR count). The van der Waals surface area contributed by atoms with Crippen LogP contribution in [0.1, 0.15) is 17.9 Å². The molecule has 0 unspecified atom stereocenters. The molecule has 1 amide bonds. The van der Waals surface area contributed by atoms with E-state index in [-0.39, 0.29) is 30.5 Å². The highest BCUT2D eigenvalue weighted by Crippen LogP contribution is 2.49. The highest BCUT2D eigenvalue weighted by molar-refractivity contribution is 5.84. The third-order valence-corrected chi connectivity index (χ3v) is 4.14. The standard InChI is InChI=1S/C15H15F2NO4/c16-11-3-1-2-8(13(11)17)9-6-10(9)14(19)18-4-5-22-12(7-18)15(20)21/h1-3,9-10,12H,4-7H2,(H,20,21)/t9-,10-,12+/m1/s1. The topological polar surface area (TPSA) is 66.8 Å². The van der Waals surface area contributed by atoms with E-state index in [9.17, 15) is 18.4 Å². The van der Waals surface area contributed by atoms with E-state index < -0.39 is 29.6 Å². The second kappa shape index (κ2) is 5.64. The van der Waals surface area contributed by atoms with E-state index in [4.69, 9.17) is 9.84 Å². The van der Waals surface area contributed by atoms with Gasteiger partial charge in [0, 0.05) is 12.5 Å². The summed E-state index contributed by atoms with van der Waals surface area (Å²) in [5.41, 5.74) is 0.210. The first-order valence-corrected chi connectivity index (χ1v) is 7.06. The fourth-order valence-electron chi connectivity index (χ4n) is 2.85. The molecule has 3 atom stereocenters.